The van der Waals surface area contributed by atoms with E-state index in [4.69, 9.17) is 18.0 Å². The maximum Gasteiger partial charge on any atom is 0.106 e. The number of aryl methyl sites for hydroxylation is 1. The van der Waals surface area contributed by atoms with Crippen LogP contribution in [0.1, 0.15) is 24.0 Å². The summed E-state index contributed by atoms with van der Waals surface area (Å²) in [6, 6.07) is 6.02. The van der Waals surface area contributed by atoms with E-state index in [2.05, 4.69) is 24.9 Å². The molecule has 0 heterocycles. The first kappa shape index (κ1) is 13.3. The zero-order valence-corrected chi connectivity index (χ0v) is 11.7. The molecule has 0 radical (unpaired) electrons. The molecule has 3 nitrogen and oxygen atoms in total. The zero-order valence-electron chi connectivity index (χ0n) is 10.9. The number of hydrogen-bond acceptors (Lipinski definition) is 3. The summed E-state index contributed by atoms with van der Waals surface area (Å²) in [5.74, 6) is 0.573. The largest absolute Gasteiger partial charge is 0.393 e. The van der Waals surface area contributed by atoms with E-state index in [-0.39, 0.29) is 6.10 Å². The predicted octanol–water partition coefficient (Wildman–Crippen LogP) is 1.84. The topological polar surface area (TPSA) is 49.5 Å². The number of hydrogen-bond donors (Lipinski definition) is 2. The van der Waals surface area contributed by atoms with Crippen LogP contribution in [-0.2, 0) is 0 Å². The molecule has 1 aromatic carbocycles. The van der Waals surface area contributed by atoms with Crippen molar-refractivity contribution in [3.8, 4) is 0 Å². The molecule has 98 valence electrons. The highest BCUT2D eigenvalue weighted by atomic mass is 32.1. The van der Waals surface area contributed by atoms with Crippen molar-refractivity contribution < 1.29 is 5.11 Å². The number of thiocarbonyl (C=S) groups is 1. The molecule has 1 aromatic rings. The lowest BCUT2D eigenvalue weighted by Crippen LogP contribution is -2.38. The summed E-state index contributed by atoms with van der Waals surface area (Å²) >= 11 is 5.11. The van der Waals surface area contributed by atoms with Crippen molar-refractivity contribution in [1.82, 2.24) is 0 Å². The van der Waals surface area contributed by atoms with E-state index in [0.717, 1.165) is 30.6 Å². The van der Waals surface area contributed by atoms with Crippen LogP contribution in [-0.4, -0.2) is 29.8 Å². The van der Waals surface area contributed by atoms with Crippen molar-refractivity contribution in [3.05, 3.63) is 29.3 Å². The molecular weight excluding hydrogens is 244 g/mol. The quantitative estimate of drug-likeness (QED) is 0.815. The molecule has 0 aromatic heterocycles. The van der Waals surface area contributed by atoms with Crippen molar-refractivity contribution in [2.24, 2.45) is 11.7 Å². The summed E-state index contributed by atoms with van der Waals surface area (Å²) in [4.78, 5) is 2.65. The number of nitrogens with zero attached hydrogens (tertiary/aromatic N) is 1. The van der Waals surface area contributed by atoms with E-state index >= 15 is 0 Å². The smallest absolute Gasteiger partial charge is 0.106 e. The van der Waals surface area contributed by atoms with Crippen molar-refractivity contribution in [3.63, 3.8) is 0 Å². The molecule has 0 bridgehead atoms. The normalized spacial score (nSPS) is 22.4. The maximum atomic E-state index is 9.34. The first-order chi connectivity index (χ1) is 8.49. The monoisotopic (exact) mass is 264 g/mol. The molecule has 2 rings (SSSR count). The van der Waals surface area contributed by atoms with Gasteiger partial charge < -0.3 is 15.7 Å². The molecule has 0 spiro atoms. The van der Waals surface area contributed by atoms with Gasteiger partial charge in [-0.05, 0) is 37.3 Å². The van der Waals surface area contributed by atoms with Gasteiger partial charge in [0.05, 0.1) is 6.10 Å². The van der Waals surface area contributed by atoms with Gasteiger partial charge in [0.15, 0.2) is 0 Å². The van der Waals surface area contributed by atoms with Gasteiger partial charge in [0.25, 0.3) is 0 Å². The number of benzene rings is 1. The summed E-state index contributed by atoms with van der Waals surface area (Å²) in [7, 11) is 2.06. The Kier molecular flexibility index (Phi) is 3.88. The van der Waals surface area contributed by atoms with E-state index in [0.29, 0.717) is 10.9 Å². The lowest BCUT2D eigenvalue weighted by Gasteiger charge is -2.36. The molecule has 0 atom stereocenters. The number of para-hydroxylation sites is 1. The molecule has 0 unspecified atom stereocenters. The minimum Gasteiger partial charge on any atom is -0.393 e. The molecule has 1 aliphatic carbocycles. The minimum absolute atomic E-state index is 0.102. The first-order valence-corrected chi connectivity index (χ1v) is 6.68. The summed E-state index contributed by atoms with van der Waals surface area (Å²) in [5, 5.41) is 9.34. The van der Waals surface area contributed by atoms with Gasteiger partial charge in [-0.3, -0.25) is 0 Å². The van der Waals surface area contributed by atoms with Crippen LogP contribution >= 0.6 is 12.2 Å². The second kappa shape index (κ2) is 5.24. The fourth-order valence-electron chi connectivity index (χ4n) is 2.69. The Balaban J connectivity index is 2.18. The molecule has 3 N–H and O–H groups in total. The lowest BCUT2D eigenvalue weighted by molar-refractivity contribution is 0.0465. The molecule has 18 heavy (non-hydrogen) atoms. The van der Waals surface area contributed by atoms with Gasteiger partial charge in [-0.25, -0.2) is 0 Å². The molecule has 1 saturated carbocycles. The maximum absolute atomic E-state index is 9.34. The van der Waals surface area contributed by atoms with Crippen molar-refractivity contribution in [2.75, 3.05) is 18.5 Å². The Labute approximate surface area is 114 Å². The van der Waals surface area contributed by atoms with E-state index in [1.54, 1.807) is 0 Å². The van der Waals surface area contributed by atoms with Gasteiger partial charge in [-0.2, -0.15) is 0 Å². The van der Waals surface area contributed by atoms with Gasteiger partial charge in [0, 0.05) is 24.8 Å². The highest BCUT2D eigenvalue weighted by Crippen LogP contribution is 2.31. The van der Waals surface area contributed by atoms with Gasteiger partial charge in [-0.1, -0.05) is 24.4 Å². The number of nitrogens with two attached hydrogens (primary N) is 1. The van der Waals surface area contributed by atoms with Gasteiger partial charge in [-0.15, -0.1) is 0 Å². The number of rotatable bonds is 4. The van der Waals surface area contributed by atoms with Crippen molar-refractivity contribution in [2.45, 2.75) is 25.9 Å². The first-order valence-electron chi connectivity index (χ1n) is 6.27. The third-order valence-corrected chi connectivity index (χ3v) is 3.85. The number of anilines is 1. The second-order valence-corrected chi connectivity index (χ2v) is 5.65. The predicted molar refractivity (Wildman–Crippen MR) is 79.1 cm³/mol. The van der Waals surface area contributed by atoms with Gasteiger partial charge in [0.2, 0.25) is 0 Å². The molecule has 0 saturated heterocycles. The minimum atomic E-state index is -0.102. The van der Waals surface area contributed by atoms with Crippen molar-refractivity contribution in [1.29, 1.82) is 0 Å². The summed E-state index contributed by atoms with van der Waals surface area (Å²) in [5.41, 5.74) is 9.02. The Morgan fingerprint density at radius 1 is 1.50 bits per heavy atom. The van der Waals surface area contributed by atoms with Crippen LogP contribution in [0.3, 0.4) is 0 Å². The third kappa shape index (κ3) is 2.65. The SMILES string of the molecule is Cc1cccc(C(N)=S)c1N(C)CC1CC(O)C1. The summed E-state index contributed by atoms with van der Waals surface area (Å²) in [6.07, 6.45) is 1.70. The van der Waals surface area contributed by atoms with E-state index < -0.39 is 0 Å². The fraction of sp³-hybridized carbons (Fsp3) is 0.500. The van der Waals surface area contributed by atoms with Crippen LogP contribution in [0, 0.1) is 12.8 Å². The second-order valence-electron chi connectivity index (χ2n) is 5.21. The average molecular weight is 264 g/mol. The molecular formula is C14H20N2OS. The van der Waals surface area contributed by atoms with Crippen LogP contribution in [0.2, 0.25) is 0 Å². The van der Waals surface area contributed by atoms with E-state index in [1.165, 1.54) is 5.56 Å². The fourth-order valence-corrected chi connectivity index (χ4v) is 2.86. The lowest BCUT2D eigenvalue weighted by atomic mass is 9.82. The summed E-state index contributed by atoms with van der Waals surface area (Å²) in [6.45, 7) is 3.01. The van der Waals surface area contributed by atoms with Gasteiger partial charge in [0.1, 0.15) is 4.99 Å². The Bertz CT molecular complexity index is 455. The standard InChI is InChI=1S/C14H20N2OS/c1-9-4-3-5-12(14(15)18)13(9)16(2)8-10-6-11(17)7-10/h3-5,10-11,17H,6-8H2,1-2H3,(H2,15,18). The molecule has 1 fully saturated rings. The Morgan fingerprint density at radius 3 is 2.72 bits per heavy atom. The molecule has 0 aliphatic heterocycles. The van der Waals surface area contributed by atoms with Crippen LogP contribution in [0.25, 0.3) is 0 Å². The summed E-state index contributed by atoms with van der Waals surface area (Å²) < 4.78 is 0. The van der Waals surface area contributed by atoms with E-state index in [1.807, 2.05) is 12.1 Å². The zero-order chi connectivity index (χ0) is 13.3. The Morgan fingerprint density at radius 2 is 2.17 bits per heavy atom. The van der Waals surface area contributed by atoms with Crippen LogP contribution in [0.5, 0.6) is 0 Å². The third-order valence-electron chi connectivity index (χ3n) is 3.63. The molecule has 1 aliphatic rings. The number of aliphatic hydroxyl groups is 1. The molecule has 4 heteroatoms. The van der Waals surface area contributed by atoms with Crippen molar-refractivity contribution >= 4 is 22.9 Å². The highest BCUT2D eigenvalue weighted by Gasteiger charge is 2.28. The van der Waals surface area contributed by atoms with Crippen LogP contribution < -0.4 is 10.6 Å². The average Bonchev–Trinajstić information content (AvgIpc) is 2.26. The van der Waals surface area contributed by atoms with E-state index in [9.17, 15) is 5.11 Å². The highest BCUT2D eigenvalue weighted by molar-refractivity contribution is 7.80. The Hall–Kier alpha value is -1.13. The van der Waals surface area contributed by atoms with Crippen LogP contribution in [0.4, 0.5) is 5.69 Å². The number of aliphatic hydroxyl groups excluding tert-OH is 1. The molecule has 0 amide bonds. The van der Waals surface area contributed by atoms with Gasteiger partial charge >= 0.3 is 0 Å². The van der Waals surface area contributed by atoms with Crippen LogP contribution in [0.15, 0.2) is 18.2 Å².